The van der Waals surface area contributed by atoms with Crippen LogP contribution in [0.1, 0.15) is 20.3 Å². The Balaban J connectivity index is 2.37. The van der Waals surface area contributed by atoms with Gasteiger partial charge in [0.05, 0.1) is 5.02 Å². The van der Waals surface area contributed by atoms with Crippen molar-refractivity contribution in [3.63, 3.8) is 0 Å². The molecule has 1 aliphatic heterocycles. The zero-order valence-electron chi connectivity index (χ0n) is 11.2. The van der Waals surface area contributed by atoms with Crippen LogP contribution in [0.3, 0.4) is 0 Å². The lowest BCUT2D eigenvalue weighted by atomic mass is 10.1. The maximum Gasteiger partial charge on any atom is 0.244 e. The van der Waals surface area contributed by atoms with E-state index in [0.29, 0.717) is 23.3 Å². The predicted molar refractivity (Wildman–Crippen MR) is 75.9 cm³/mol. The molecule has 2 heterocycles. The van der Waals surface area contributed by atoms with Crippen molar-refractivity contribution in [2.24, 2.45) is 5.92 Å². The number of anilines is 1. The molecule has 2 unspecified atom stereocenters. The van der Waals surface area contributed by atoms with Crippen LogP contribution < -0.4 is 5.32 Å². The lowest BCUT2D eigenvalue weighted by Crippen LogP contribution is -2.34. The zero-order chi connectivity index (χ0) is 14.2. The molecule has 0 bridgehead atoms. The second-order valence-electron chi connectivity index (χ2n) is 5.02. The molecule has 0 aliphatic carbocycles. The van der Waals surface area contributed by atoms with E-state index in [9.17, 15) is 8.42 Å². The van der Waals surface area contributed by atoms with Gasteiger partial charge in [0.15, 0.2) is 0 Å². The normalized spacial score (nSPS) is 24.6. The van der Waals surface area contributed by atoms with Gasteiger partial charge < -0.3 is 5.32 Å². The molecule has 0 saturated carbocycles. The van der Waals surface area contributed by atoms with Crippen molar-refractivity contribution < 1.29 is 8.42 Å². The maximum atomic E-state index is 12.5. The van der Waals surface area contributed by atoms with Crippen LogP contribution in [0.15, 0.2) is 17.2 Å². The van der Waals surface area contributed by atoms with Crippen molar-refractivity contribution in [2.45, 2.75) is 31.2 Å². The third kappa shape index (κ3) is 2.70. The summed E-state index contributed by atoms with van der Waals surface area (Å²) in [5.41, 5.74) is 0. The smallest absolute Gasteiger partial charge is 0.244 e. The predicted octanol–water partition coefficient (Wildman–Crippen LogP) is 2.20. The Kier molecular flexibility index (Phi) is 4.03. The van der Waals surface area contributed by atoms with E-state index in [1.165, 1.54) is 16.6 Å². The third-order valence-electron chi connectivity index (χ3n) is 3.39. The molecule has 0 amide bonds. The number of nitrogens with zero attached hydrogens (tertiary/aromatic N) is 2. The zero-order valence-corrected chi connectivity index (χ0v) is 12.8. The van der Waals surface area contributed by atoms with E-state index in [4.69, 9.17) is 11.6 Å². The van der Waals surface area contributed by atoms with Crippen molar-refractivity contribution in [1.82, 2.24) is 9.29 Å². The number of hydrogen-bond acceptors (Lipinski definition) is 4. The summed E-state index contributed by atoms with van der Waals surface area (Å²) in [7, 11) is -1.82. The summed E-state index contributed by atoms with van der Waals surface area (Å²) in [5, 5.41) is 3.12. The molecule has 1 N–H and O–H groups in total. The molecule has 1 saturated heterocycles. The molecule has 1 aromatic heterocycles. The average molecular weight is 304 g/mol. The molecule has 0 radical (unpaired) electrons. The summed E-state index contributed by atoms with van der Waals surface area (Å²) in [6, 6.07) is 1.47. The molecular formula is C12H18ClN3O2S. The Labute approximate surface area is 119 Å². The Bertz CT molecular complexity index is 576. The third-order valence-corrected chi connectivity index (χ3v) is 5.62. The van der Waals surface area contributed by atoms with Crippen LogP contribution >= 0.6 is 11.6 Å². The van der Waals surface area contributed by atoms with Gasteiger partial charge in [0.1, 0.15) is 10.7 Å². The first-order chi connectivity index (χ1) is 8.86. The monoisotopic (exact) mass is 303 g/mol. The SMILES string of the molecule is CNc1ncc(S(=O)(=O)N2CC(C)CC2C)cc1Cl. The van der Waals surface area contributed by atoms with Crippen LogP contribution in [0.5, 0.6) is 0 Å². The van der Waals surface area contributed by atoms with E-state index in [0.717, 1.165) is 6.42 Å². The summed E-state index contributed by atoms with van der Waals surface area (Å²) in [6.45, 7) is 4.54. The van der Waals surface area contributed by atoms with Gasteiger partial charge in [-0.05, 0) is 25.3 Å². The maximum absolute atomic E-state index is 12.5. The minimum absolute atomic E-state index is 0.0164. The molecule has 2 atom stereocenters. The Morgan fingerprint density at radius 3 is 2.63 bits per heavy atom. The van der Waals surface area contributed by atoms with Gasteiger partial charge in [0.2, 0.25) is 10.0 Å². The van der Waals surface area contributed by atoms with E-state index < -0.39 is 10.0 Å². The summed E-state index contributed by atoms with van der Waals surface area (Å²) >= 11 is 6.00. The molecule has 1 fully saturated rings. The molecule has 19 heavy (non-hydrogen) atoms. The van der Waals surface area contributed by atoms with Crippen molar-refractivity contribution in [3.8, 4) is 0 Å². The van der Waals surface area contributed by atoms with Crippen LogP contribution in [0.25, 0.3) is 0 Å². The van der Waals surface area contributed by atoms with E-state index in [-0.39, 0.29) is 10.9 Å². The summed E-state index contributed by atoms with van der Waals surface area (Å²) < 4.78 is 26.6. The highest BCUT2D eigenvalue weighted by Crippen LogP contribution is 2.30. The van der Waals surface area contributed by atoms with Crippen LogP contribution in [0, 0.1) is 5.92 Å². The topological polar surface area (TPSA) is 62.3 Å². The van der Waals surface area contributed by atoms with Crippen LogP contribution in [-0.2, 0) is 10.0 Å². The average Bonchev–Trinajstić information content (AvgIpc) is 2.69. The number of halogens is 1. The molecule has 106 valence electrons. The van der Waals surface area contributed by atoms with Gasteiger partial charge in [-0.3, -0.25) is 0 Å². The Morgan fingerprint density at radius 1 is 1.47 bits per heavy atom. The van der Waals surface area contributed by atoms with Gasteiger partial charge in [0.25, 0.3) is 0 Å². The Morgan fingerprint density at radius 2 is 2.16 bits per heavy atom. The minimum Gasteiger partial charge on any atom is -0.372 e. The largest absolute Gasteiger partial charge is 0.372 e. The van der Waals surface area contributed by atoms with Crippen LogP contribution in [0.4, 0.5) is 5.82 Å². The molecule has 0 spiro atoms. The fourth-order valence-electron chi connectivity index (χ4n) is 2.48. The van der Waals surface area contributed by atoms with Gasteiger partial charge in [0, 0.05) is 25.8 Å². The van der Waals surface area contributed by atoms with E-state index in [1.807, 2.05) is 6.92 Å². The number of nitrogens with one attached hydrogen (secondary N) is 1. The first-order valence-electron chi connectivity index (χ1n) is 6.21. The van der Waals surface area contributed by atoms with Crippen molar-refractivity contribution in [1.29, 1.82) is 0 Å². The quantitative estimate of drug-likeness (QED) is 0.930. The minimum atomic E-state index is -3.51. The van der Waals surface area contributed by atoms with E-state index >= 15 is 0 Å². The highest BCUT2D eigenvalue weighted by molar-refractivity contribution is 7.89. The Hall–Kier alpha value is -0.850. The molecule has 5 nitrogen and oxygen atoms in total. The van der Waals surface area contributed by atoms with Crippen LogP contribution in [-0.4, -0.2) is 37.3 Å². The van der Waals surface area contributed by atoms with Crippen molar-refractivity contribution >= 4 is 27.4 Å². The molecule has 1 aliphatic rings. The standard InChI is InChI=1S/C12H18ClN3O2S/c1-8-4-9(2)16(7-8)19(17,18)10-5-11(13)12(14-3)15-6-10/h5-6,8-9H,4,7H2,1-3H3,(H,14,15). The first kappa shape index (κ1) is 14.6. The lowest BCUT2D eigenvalue weighted by Gasteiger charge is -2.21. The van der Waals surface area contributed by atoms with E-state index in [1.54, 1.807) is 7.05 Å². The van der Waals surface area contributed by atoms with E-state index in [2.05, 4.69) is 17.2 Å². The van der Waals surface area contributed by atoms with Gasteiger partial charge in [-0.1, -0.05) is 18.5 Å². The number of sulfonamides is 1. The second kappa shape index (κ2) is 5.26. The molecule has 0 aromatic carbocycles. The summed E-state index contributed by atoms with van der Waals surface area (Å²) in [6.07, 6.45) is 2.23. The molecule has 2 rings (SSSR count). The summed E-state index contributed by atoms with van der Waals surface area (Å²) in [5.74, 6) is 0.855. The highest BCUT2D eigenvalue weighted by Gasteiger charge is 2.36. The first-order valence-corrected chi connectivity index (χ1v) is 8.03. The number of aromatic nitrogens is 1. The van der Waals surface area contributed by atoms with Crippen LogP contribution in [0.2, 0.25) is 5.02 Å². The van der Waals surface area contributed by atoms with Gasteiger partial charge >= 0.3 is 0 Å². The van der Waals surface area contributed by atoms with Gasteiger partial charge in [-0.15, -0.1) is 0 Å². The van der Waals surface area contributed by atoms with Gasteiger partial charge in [-0.2, -0.15) is 4.31 Å². The van der Waals surface area contributed by atoms with Gasteiger partial charge in [-0.25, -0.2) is 13.4 Å². The second-order valence-corrected chi connectivity index (χ2v) is 7.31. The number of rotatable bonds is 3. The molecule has 7 heteroatoms. The fourth-order valence-corrected chi connectivity index (χ4v) is 4.54. The molecular weight excluding hydrogens is 286 g/mol. The van der Waals surface area contributed by atoms with Crippen molar-refractivity contribution in [3.05, 3.63) is 17.3 Å². The van der Waals surface area contributed by atoms with Crippen molar-refractivity contribution in [2.75, 3.05) is 18.9 Å². The lowest BCUT2D eigenvalue weighted by molar-refractivity contribution is 0.405. The molecule has 1 aromatic rings. The number of pyridine rings is 1. The fraction of sp³-hybridized carbons (Fsp3) is 0.583. The number of hydrogen-bond donors (Lipinski definition) is 1. The summed E-state index contributed by atoms with van der Waals surface area (Å²) in [4.78, 5) is 4.18. The highest BCUT2D eigenvalue weighted by atomic mass is 35.5.